The number of carbonyl (C=O) groups excluding carboxylic acids is 1. The maximum atomic E-state index is 12.7. The van der Waals surface area contributed by atoms with Gasteiger partial charge in [0.05, 0.1) is 17.9 Å². The quantitative estimate of drug-likeness (QED) is 0.685. The number of aromatic nitrogens is 2. The molecule has 0 fully saturated rings. The molecule has 0 radical (unpaired) electrons. The lowest BCUT2D eigenvalue weighted by atomic mass is 10.1. The van der Waals surface area contributed by atoms with E-state index in [-0.39, 0.29) is 11.9 Å². The molecule has 1 aromatic carbocycles. The van der Waals surface area contributed by atoms with Gasteiger partial charge in [-0.3, -0.25) is 9.48 Å². The van der Waals surface area contributed by atoms with Crippen LogP contribution in [0.25, 0.3) is 0 Å². The molecule has 0 bridgehead atoms. The molecule has 2 heterocycles. The molecular weight excluding hydrogens is 346 g/mol. The molecule has 5 nitrogen and oxygen atoms in total. The highest BCUT2D eigenvalue weighted by Gasteiger charge is 2.20. The number of benzene rings is 1. The second-order valence-corrected chi connectivity index (χ2v) is 7.02. The highest BCUT2D eigenvalue weighted by atomic mass is 32.1. The van der Waals surface area contributed by atoms with E-state index in [9.17, 15) is 4.79 Å². The average molecular weight is 369 g/mol. The Morgan fingerprint density at radius 1 is 1.27 bits per heavy atom. The van der Waals surface area contributed by atoms with Crippen LogP contribution in [-0.4, -0.2) is 28.8 Å². The lowest BCUT2D eigenvalue weighted by Gasteiger charge is -2.19. The van der Waals surface area contributed by atoms with E-state index >= 15 is 0 Å². The molecule has 26 heavy (non-hydrogen) atoms. The minimum absolute atomic E-state index is 0.0353. The fourth-order valence-electron chi connectivity index (χ4n) is 2.97. The number of ether oxygens (including phenoxy) is 1. The van der Waals surface area contributed by atoms with Gasteiger partial charge in [0.15, 0.2) is 0 Å². The predicted octanol–water partition coefficient (Wildman–Crippen LogP) is 3.98. The zero-order valence-electron chi connectivity index (χ0n) is 15.2. The number of nitrogens with one attached hydrogen (secondary N) is 1. The minimum Gasteiger partial charge on any atom is -0.493 e. The molecule has 0 saturated heterocycles. The van der Waals surface area contributed by atoms with Crippen LogP contribution >= 0.6 is 11.3 Å². The summed E-state index contributed by atoms with van der Waals surface area (Å²) in [6.45, 7) is 6.90. The smallest absolute Gasteiger partial charge is 0.255 e. The van der Waals surface area contributed by atoms with Crippen molar-refractivity contribution in [2.24, 2.45) is 0 Å². The van der Waals surface area contributed by atoms with Crippen LogP contribution in [0.3, 0.4) is 0 Å². The maximum absolute atomic E-state index is 12.7. The lowest BCUT2D eigenvalue weighted by molar-refractivity contribution is 0.0945. The van der Waals surface area contributed by atoms with Gasteiger partial charge in [0.25, 0.3) is 5.91 Å². The van der Waals surface area contributed by atoms with E-state index in [4.69, 9.17) is 4.74 Å². The molecule has 3 aromatic rings. The Hall–Kier alpha value is -2.60. The van der Waals surface area contributed by atoms with E-state index in [0.29, 0.717) is 24.5 Å². The fraction of sp³-hybridized carbons (Fsp3) is 0.300. The molecule has 0 aliphatic heterocycles. The van der Waals surface area contributed by atoms with Crippen LogP contribution in [0.2, 0.25) is 0 Å². The molecule has 1 unspecified atom stereocenters. The van der Waals surface area contributed by atoms with E-state index in [2.05, 4.69) is 16.5 Å². The molecule has 2 aromatic heterocycles. The van der Waals surface area contributed by atoms with Crippen LogP contribution in [0.1, 0.15) is 39.6 Å². The van der Waals surface area contributed by atoms with Crippen molar-refractivity contribution in [3.63, 3.8) is 0 Å². The van der Waals surface area contributed by atoms with Crippen molar-refractivity contribution in [3.8, 4) is 5.75 Å². The number of para-hydroxylation sites is 1. The zero-order valence-corrected chi connectivity index (χ0v) is 16.0. The van der Waals surface area contributed by atoms with Crippen LogP contribution in [0.4, 0.5) is 0 Å². The van der Waals surface area contributed by atoms with E-state index in [1.165, 1.54) is 0 Å². The molecule has 1 N–H and O–H groups in total. The van der Waals surface area contributed by atoms with Crippen LogP contribution < -0.4 is 10.1 Å². The summed E-state index contributed by atoms with van der Waals surface area (Å²) in [5.74, 6) is 0.462. The number of thiophene rings is 1. The number of hydrogen-bond donors (Lipinski definition) is 1. The van der Waals surface area contributed by atoms with Gasteiger partial charge in [-0.15, -0.1) is 11.3 Å². The van der Waals surface area contributed by atoms with Gasteiger partial charge in [-0.1, -0.05) is 18.2 Å². The van der Waals surface area contributed by atoms with Crippen molar-refractivity contribution in [3.05, 3.63) is 69.7 Å². The summed E-state index contributed by atoms with van der Waals surface area (Å²) >= 11 is 1.67. The Morgan fingerprint density at radius 3 is 2.73 bits per heavy atom. The Kier molecular flexibility index (Phi) is 5.73. The van der Waals surface area contributed by atoms with Crippen LogP contribution in [0, 0.1) is 13.8 Å². The molecule has 1 amide bonds. The molecular formula is C20H23N3O2S. The molecule has 0 aliphatic carbocycles. The van der Waals surface area contributed by atoms with E-state index in [0.717, 1.165) is 16.3 Å². The van der Waals surface area contributed by atoms with Crippen molar-refractivity contribution >= 4 is 17.2 Å². The molecule has 0 spiro atoms. The van der Waals surface area contributed by atoms with Gasteiger partial charge >= 0.3 is 0 Å². The second kappa shape index (κ2) is 8.19. The number of aryl methyl sites for hydroxylation is 2. The average Bonchev–Trinajstić information content (AvgIpc) is 3.26. The van der Waals surface area contributed by atoms with Crippen molar-refractivity contribution in [2.75, 3.05) is 13.2 Å². The third-order valence-electron chi connectivity index (χ3n) is 4.10. The summed E-state index contributed by atoms with van der Waals surface area (Å²) < 4.78 is 7.55. The van der Waals surface area contributed by atoms with E-state index < -0.39 is 0 Å². The fourth-order valence-corrected chi connectivity index (χ4v) is 3.78. The molecule has 3 rings (SSSR count). The van der Waals surface area contributed by atoms with E-state index in [1.54, 1.807) is 17.4 Å². The first-order valence-electron chi connectivity index (χ1n) is 8.66. The third kappa shape index (κ3) is 3.96. The summed E-state index contributed by atoms with van der Waals surface area (Å²) in [5, 5.41) is 9.70. The minimum atomic E-state index is -0.142. The number of amides is 1. The summed E-state index contributed by atoms with van der Waals surface area (Å²) in [7, 11) is 0. The van der Waals surface area contributed by atoms with Crippen LogP contribution in [-0.2, 0) is 0 Å². The molecule has 1 atom stereocenters. The maximum Gasteiger partial charge on any atom is 0.255 e. The van der Waals surface area contributed by atoms with Crippen LogP contribution in [0.15, 0.2) is 47.8 Å². The van der Waals surface area contributed by atoms with Crippen molar-refractivity contribution in [2.45, 2.75) is 26.8 Å². The van der Waals surface area contributed by atoms with Crippen molar-refractivity contribution in [1.29, 1.82) is 0 Å². The van der Waals surface area contributed by atoms with Crippen LogP contribution in [0.5, 0.6) is 5.75 Å². The predicted molar refractivity (Wildman–Crippen MR) is 104 cm³/mol. The van der Waals surface area contributed by atoms with Gasteiger partial charge < -0.3 is 10.1 Å². The number of carbonyl (C=O) groups is 1. The molecule has 0 saturated carbocycles. The monoisotopic (exact) mass is 369 g/mol. The third-order valence-corrected chi connectivity index (χ3v) is 5.07. The van der Waals surface area contributed by atoms with Gasteiger partial charge in [0.2, 0.25) is 0 Å². The van der Waals surface area contributed by atoms with Gasteiger partial charge in [-0.2, -0.15) is 5.10 Å². The normalized spacial score (nSPS) is 12.0. The SMILES string of the molecule is CCOc1ccccc1C(=O)NCC(c1cccs1)n1nc(C)cc1C. The Bertz CT molecular complexity index is 871. The standard InChI is InChI=1S/C20H23N3O2S/c1-4-25-18-9-6-5-8-16(18)20(24)21-13-17(19-10-7-11-26-19)23-15(3)12-14(2)22-23/h5-12,17H,4,13H2,1-3H3,(H,21,24). The number of rotatable bonds is 7. The first-order valence-corrected chi connectivity index (χ1v) is 9.54. The summed E-state index contributed by atoms with van der Waals surface area (Å²) in [4.78, 5) is 13.9. The molecule has 0 aliphatic rings. The Balaban J connectivity index is 1.81. The zero-order chi connectivity index (χ0) is 18.5. The first-order chi connectivity index (χ1) is 12.6. The van der Waals surface area contributed by atoms with Crippen molar-refractivity contribution < 1.29 is 9.53 Å². The molecule has 6 heteroatoms. The lowest BCUT2D eigenvalue weighted by Crippen LogP contribution is -2.32. The van der Waals surface area contributed by atoms with Gasteiger partial charge in [-0.25, -0.2) is 0 Å². The topological polar surface area (TPSA) is 56.1 Å². The summed E-state index contributed by atoms with van der Waals surface area (Å²) in [6, 6.07) is 13.4. The Morgan fingerprint density at radius 2 is 2.08 bits per heavy atom. The highest BCUT2D eigenvalue weighted by molar-refractivity contribution is 7.10. The number of nitrogens with zero attached hydrogens (tertiary/aromatic N) is 2. The largest absolute Gasteiger partial charge is 0.493 e. The van der Waals surface area contributed by atoms with Gasteiger partial charge in [-0.05, 0) is 50.4 Å². The second-order valence-electron chi connectivity index (χ2n) is 6.04. The summed E-state index contributed by atoms with van der Waals surface area (Å²) in [6.07, 6.45) is 0. The highest BCUT2D eigenvalue weighted by Crippen LogP contribution is 2.24. The van der Waals surface area contributed by atoms with Crippen molar-refractivity contribution in [1.82, 2.24) is 15.1 Å². The van der Waals surface area contributed by atoms with Gasteiger partial charge in [0.1, 0.15) is 11.8 Å². The molecule has 136 valence electrons. The van der Waals surface area contributed by atoms with Gasteiger partial charge in [0, 0.05) is 17.1 Å². The Labute approximate surface area is 157 Å². The summed E-state index contributed by atoms with van der Waals surface area (Å²) in [5.41, 5.74) is 2.59. The first kappa shape index (κ1) is 18.2. The van der Waals surface area contributed by atoms with E-state index in [1.807, 2.05) is 61.2 Å². The number of hydrogen-bond acceptors (Lipinski definition) is 4.